The van der Waals surface area contributed by atoms with Crippen molar-refractivity contribution in [2.75, 3.05) is 18.5 Å². The van der Waals surface area contributed by atoms with Crippen molar-refractivity contribution in [1.82, 2.24) is 9.55 Å². The van der Waals surface area contributed by atoms with Gasteiger partial charge >= 0.3 is 0 Å². The molecule has 0 aromatic carbocycles. The van der Waals surface area contributed by atoms with Crippen LogP contribution in [-0.2, 0) is 4.74 Å². The summed E-state index contributed by atoms with van der Waals surface area (Å²) >= 11 is 0. The number of rotatable bonds is 3. The van der Waals surface area contributed by atoms with Crippen LogP contribution in [0.3, 0.4) is 0 Å². The van der Waals surface area contributed by atoms with Gasteiger partial charge < -0.3 is 14.6 Å². The number of nitrogens with one attached hydrogen (secondary N) is 1. The van der Waals surface area contributed by atoms with Gasteiger partial charge in [-0.05, 0) is 39.5 Å². The molecule has 1 aromatic rings. The number of hydrogen-bond donors (Lipinski definition) is 1. The SMILES string of the molecule is Cc1cn(C2CCCC2)c(NC2(C)CCOCC2)n1. The Morgan fingerprint density at radius 2 is 2.00 bits per heavy atom. The Hall–Kier alpha value is -1.03. The van der Waals surface area contributed by atoms with Crippen LogP contribution in [0.5, 0.6) is 0 Å². The summed E-state index contributed by atoms with van der Waals surface area (Å²) in [4.78, 5) is 4.71. The third-order valence-corrected chi connectivity index (χ3v) is 4.58. The maximum atomic E-state index is 5.47. The predicted molar refractivity (Wildman–Crippen MR) is 76.5 cm³/mol. The number of hydrogen-bond acceptors (Lipinski definition) is 3. The van der Waals surface area contributed by atoms with Gasteiger partial charge in [0, 0.05) is 31.0 Å². The van der Waals surface area contributed by atoms with Crippen LogP contribution in [0.1, 0.15) is 57.2 Å². The predicted octanol–water partition coefficient (Wildman–Crippen LogP) is 3.29. The minimum absolute atomic E-state index is 0.131. The van der Waals surface area contributed by atoms with E-state index in [1.165, 1.54) is 25.7 Å². The van der Waals surface area contributed by atoms with E-state index in [1.807, 2.05) is 0 Å². The topological polar surface area (TPSA) is 39.1 Å². The Labute approximate surface area is 115 Å². The van der Waals surface area contributed by atoms with Crippen LogP contribution >= 0.6 is 0 Å². The second-order valence-corrected chi connectivity index (χ2v) is 6.35. The summed E-state index contributed by atoms with van der Waals surface area (Å²) in [5.74, 6) is 1.06. The molecule has 0 radical (unpaired) electrons. The molecule has 2 heterocycles. The van der Waals surface area contributed by atoms with Crippen LogP contribution in [0.15, 0.2) is 6.20 Å². The summed E-state index contributed by atoms with van der Waals surface area (Å²) in [5.41, 5.74) is 1.25. The number of imidazole rings is 1. The Morgan fingerprint density at radius 1 is 1.32 bits per heavy atom. The molecule has 106 valence electrons. The maximum Gasteiger partial charge on any atom is 0.203 e. The zero-order chi connectivity index (χ0) is 13.3. The molecular weight excluding hydrogens is 238 g/mol. The molecule has 1 saturated heterocycles. The standard InChI is InChI=1S/C15H25N3O/c1-12-11-18(13-5-3-4-6-13)14(16-12)17-15(2)7-9-19-10-8-15/h11,13H,3-10H2,1-2H3,(H,16,17). The molecule has 3 rings (SSSR count). The zero-order valence-electron chi connectivity index (χ0n) is 12.1. The second kappa shape index (κ2) is 5.16. The van der Waals surface area contributed by atoms with Crippen LogP contribution in [0, 0.1) is 6.92 Å². The molecule has 4 nitrogen and oxygen atoms in total. The van der Waals surface area contributed by atoms with E-state index in [0.717, 1.165) is 37.7 Å². The average Bonchev–Trinajstić information content (AvgIpc) is 2.99. The van der Waals surface area contributed by atoms with Crippen molar-refractivity contribution >= 4 is 5.95 Å². The molecule has 0 spiro atoms. The van der Waals surface area contributed by atoms with Gasteiger partial charge in [-0.3, -0.25) is 0 Å². The van der Waals surface area contributed by atoms with Gasteiger partial charge in [0.05, 0.1) is 5.69 Å². The van der Waals surface area contributed by atoms with E-state index in [1.54, 1.807) is 0 Å². The molecule has 4 heteroatoms. The van der Waals surface area contributed by atoms with Crippen LogP contribution in [-0.4, -0.2) is 28.3 Å². The highest BCUT2D eigenvalue weighted by Crippen LogP contribution is 2.34. The van der Waals surface area contributed by atoms with Crippen molar-refractivity contribution in [2.45, 2.75) is 64.0 Å². The van der Waals surface area contributed by atoms with E-state index in [2.05, 4.69) is 29.9 Å². The third kappa shape index (κ3) is 2.78. The Balaban J connectivity index is 1.79. The molecule has 0 atom stereocenters. The van der Waals surface area contributed by atoms with Crippen molar-refractivity contribution < 1.29 is 4.74 Å². The van der Waals surface area contributed by atoms with E-state index in [4.69, 9.17) is 9.72 Å². The Kier molecular flexibility index (Phi) is 3.52. The van der Waals surface area contributed by atoms with Crippen molar-refractivity contribution in [3.63, 3.8) is 0 Å². The van der Waals surface area contributed by atoms with Crippen LogP contribution in [0.4, 0.5) is 5.95 Å². The highest BCUT2D eigenvalue weighted by molar-refractivity contribution is 5.33. The van der Waals surface area contributed by atoms with Gasteiger partial charge in [-0.2, -0.15) is 0 Å². The number of anilines is 1. The number of nitrogens with zero attached hydrogens (tertiary/aromatic N) is 2. The fourth-order valence-corrected chi connectivity index (χ4v) is 3.29. The zero-order valence-corrected chi connectivity index (χ0v) is 12.1. The van der Waals surface area contributed by atoms with Crippen molar-refractivity contribution in [3.05, 3.63) is 11.9 Å². The molecule has 19 heavy (non-hydrogen) atoms. The molecular formula is C15H25N3O. The van der Waals surface area contributed by atoms with E-state index in [0.29, 0.717) is 6.04 Å². The van der Waals surface area contributed by atoms with Gasteiger partial charge in [0.2, 0.25) is 5.95 Å². The molecule has 0 amide bonds. The van der Waals surface area contributed by atoms with Crippen LogP contribution in [0.25, 0.3) is 0 Å². The van der Waals surface area contributed by atoms with E-state index in [-0.39, 0.29) is 5.54 Å². The largest absolute Gasteiger partial charge is 0.381 e. The lowest BCUT2D eigenvalue weighted by Crippen LogP contribution is -2.41. The average molecular weight is 263 g/mol. The van der Waals surface area contributed by atoms with E-state index in [9.17, 15) is 0 Å². The normalized spacial score (nSPS) is 23.7. The van der Waals surface area contributed by atoms with E-state index < -0.39 is 0 Å². The molecule has 0 bridgehead atoms. The van der Waals surface area contributed by atoms with Crippen LogP contribution in [0.2, 0.25) is 0 Å². The molecule has 1 aromatic heterocycles. The fourth-order valence-electron chi connectivity index (χ4n) is 3.29. The minimum atomic E-state index is 0.131. The monoisotopic (exact) mass is 263 g/mol. The molecule has 1 aliphatic heterocycles. The number of ether oxygens (including phenoxy) is 1. The first-order valence-electron chi connectivity index (χ1n) is 7.58. The van der Waals surface area contributed by atoms with Gasteiger partial charge in [-0.1, -0.05) is 12.8 Å². The first kappa shape index (κ1) is 13.0. The summed E-state index contributed by atoms with van der Waals surface area (Å²) in [6.45, 7) is 6.08. The van der Waals surface area contributed by atoms with Gasteiger partial charge in [0.1, 0.15) is 0 Å². The highest BCUT2D eigenvalue weighted by atomic mass is 16.5. The fraction of sp³-hybridized carbons (Fsp3) is 0.800. The maximum absolute atomic E-state index is 5.47. The molecule has 0 unspecified atom stereocenters. The molecule has 1 aliphatic carbocycles. The lowest BCUT2D eigenvalue weighted by atomic mass is 9.93. The third-order valence-electron chi connectivity index (χ3n) is 4.58. The summed E-state index contributed by atoms with van der Waals surface area (Å²) in [7, 11) is 0. The van der Waals surface area contributed by atoms with Crippen molar-refractivity contribution in [1.29, 1.82) is 0 Å². The second-order valence-electron chi connectivity index (χ2n) is 6.35. The van der Waals surface area contributed by atoms with Crippen LogP contribution < -0.4 is 5.32 Å². The lowest BCUT2D eigenvalue weighted by Gasteiger charge is -2.35. The smallest absolute Gasteiger partial charge is 0.203 e. The molecule has 1 saturated carbocycles. The van der Waals surface area contributed by atoms with Gasteiger partial charge in [0.25, 0.3) is 0 Å². The highest BCUT2D eigenvalue weighted by Gasteiger charge is 2.30. The summed E-state index contributed by atoms with van der Waals surface area (Å²) < 4.78 is 7.85. The lowest BCUT2D eigenvalue weighted by molar-refractivity contribution is 0.0654. The summed E-state index contributed by atoms with van der Waals surface area (Å²) in [5, 5.41) is 3.70. The molecule has 1 N–H and O–H groups in total. The van der Waals surface area contributed by atoms with Crippen molar-refractivity contribution in [2.24, 2.45) is 0 Å². The van der Waals surface area contributed by atoms with Gasteiger partial charge in [-0.15, -0.1) is 0 Å². The Bertz CT molecular complexity index is 429. The molecule has 2 aliphatic rings. The Morgan fingerprint density at radius 3 is 2.68 bits per heavy atom. The first-order valence-corrected chi connectivity index (χ1v) is 7.58. The van der Waals surface area contributed by atoms with Gasteiger partial charge in [-0.25, -0.2) is 4.98 Å². The minimum Gasteiger partial charge on any atom is -0.381 e. The number of aromatic nitrogens is 2. The quantitative estimate of drug-likeness (QED) is 0.909. The van der Waals surface area contributed by atoms with E-state index >= 15 is 0 Å². The van der Waals surface area contributed by atoms with Gasteiger partial charge in [0.15, 0.2) is 0 Å². The summed E-state index contributed by atoms with van der Waals surface area (Å²) in [6, 6.07) is 0.646. The first-order chi connectivity index (χ1) is 9.16. The molecule has 2 fully saturated rings. The summed E-state index contributed by atoms with van der Waals surface area (Å²) in [6.07, 6.45) is 9.63. The number of aryl methyl sites for hydroxylation is 1. The van der Waals surface area contributed by atoms with Crippen molar-refractivity contribution in [3.8, 4) is 0 Å².